The van der Waals surface area contributed by atoms with Gasteiger partial charge in [-0.25, -0.2) is 10.5 Å². The van der Waals surface area contributed by atoms with E-state index in [1.54, 1.807) is 67.6 Å². The lowest BCUT2D eigenvalue weighted by atomic mass is 10.0. The van der Waals surface area contributed by atoms with E-state index in [4.69, 9.17) is 0 Å². The fraction of sp³-hybridized carbons (Fsp3) is 0.0800. The molecule has 4 rings (SSSR count). The third-order valence-corrected chi connectivity index (χ3v) is 5.42. The first-order valence-electron chi connectivity index (χ1n) is 10.8. The summed E-state index contributed by atoms with van der Waals surface area (Å²) in [6.07, 6.45) is 1.27. The second-order valence-corrected chi connectivity index (χ2v) is 7.79. The first-order valence-corrected chi connectivity index (χ1v) is 10.8. The van der Waals surface area contributed by atoms with Crippen LogP contribution in [0.5, 0.6) is 0 Å². The molecule has 0 aliphatic rings. The van der Waals surface area contributed by atoms with Crippen LogP contribution in [0.25, 0.3) is 10.8 Å². The van der Waals surface area contributed by atoms with Crippen molar-refractivity contribution in [3.63, 3.8) is 0 Å². The summed E-state index contributed by atoms with van der Waals surface area (Å²) in [6.45, 7) is 1.74. The molecule has 0 saturated heterocycles. The molecule has 1 atom stereocenters. The number of non-ortho nitro benzene ring substituents is 1. The minimum absolute atomic E-state index is 0.119. The van der Waals surface area contributed by atoms with Crippen LogP contribution in [0.4, 0.5) is 5.69 Å². The number of rotatable bonds is 7. The van der Waals surface area contributed by atoms with Gasteiger partial charge in [0.15, 0.2) is 6.04 Å². The molecule has 0 fully saturated rings. The van der Waals surface area contributed by atoms with Gasteiger partial charge in [0.2, 0.25) is 0 Å². The van der Waals surface area contributed by atoms with Crippen LogP contribution in [0.3, 0.4) is 0 Å². The molecule has 36 heavy (non-hydrogen) atoms. The molecule has 3 aromatic carbocycles. The number of fused-ring (bicyclic) bond motifs is 1. The average Bonchev–Trinajstić information content (AvgIpc) is 2.89. The Morgan fingerprint density at radius 1 is 1.06 bits per heavy atom. The van der Waals surface area contributed by atoms with Crippen LogP contribution in [0, 0.1) is 17.0 Å². The van der Waals surface area contributed by atoms with E-state index in [9.17, 15) is 24.5 Å². The first-order chi connectivity index (χ1) is 17.3. The molecule has 1 heterocycles. The SMILES string of the molecule is Cc1ccc([N+](=O)[O-])cc1/C=N\NC(=O)[C@@H](NC(=O)c1ccccc1)c1n[nH]c(=O)c2ccccc12. The normalized spacial score (nSPS) is 11.8. The van der Waals surface area contributed by atoms with Gasteiger partial charge in [0.05, 0.1) is 16.5 Å². The second kappa shape index (κ2) is 10.4. The third-order valence-electron chi connectivity index (χ3n) is 5.42. The van der Waals surface area contributed by atoms with Crippen LogP contribution in [0.1, 0.15) is 33.2 Å². The number of carbonyl (C=O) groups is 2. The van der Waals surface area contributed by atoms with Gasteiger partial charge in [-0.1, -0.05) is 42.5 Å². The van der Waals surface area contributed by atoms with E-state index in [0.29, 0.717) is 27.5 Å². The number of aromatic amines is 1. The lowest BCUT2D eigenvalue weighted by Crippen LogP contribution is -2.40. The largest absolute Gasteiger partial charge is 0.335 e. The third kappa shape index (κ3) is 5.14. The molecule has 0 aliphatic heterocycles. The summed E-state index contributed by atoms with van der Waals surface area (Å²) >= 11 is 0. The summed E-state index contributed by atoms with van der Waals surface area (Å²) in [5.74, 6) is -1.27. The number of nitrogens with zero attached hydrogens (tertiary/aromatic N) is 3. The molecule has 1 aromatic heterocycles. The maximum absolute atomic E-state index is 13.2. The Bertz CT molecular complexity index is 1550. The van der Waals surface area contributed by atoms with Crippen LogP contribution >= 0.6 is 0 Å². The molecular weight excluding hydrogens is 464 g/mol. The number of benzene rings is 3. The number of nitro benzene ring substituents is 1. The van der Waals surface area contributed by atoms with Gasteiger partial charge in [-0.3, -0.25) is 24.5 Å². The predicted molar refractivity (Wildman–Crippen MR) is 133 cm³/mol. The minimum Gasteiger partial charge on any atom is -0.335 e. The van der Waals surface area contributed by atoms with Crippen molar-refractivity contribution in [1.82, 2.24) is 20.9 Å². The maximum Gasteiger partial charge on any atom is 0.272 e. The molecule has 0 saturated carbocycles. The quantitative estimate of drug-likeness (QED) is 0.208. The molecule has 0 spiro atoms. The molecule has 0 aliphatic carbocycles. The summed E-state index contributed by atoms with van der Waals surface area (Å²) in [6, 6.07) is 17.8. The zero-order valence-corrected chi connectivity index (χ0v) is 19.0. The predicted octanol–water partition coefficient (Wildman–Crippen LogP) is 2.76. The van der Waals surface area contributed by atoms with E-state index in [-0.39, 0.29) is 11.4 Å². The number of hydrogen-bond donors (Lipinski definition) is 3. The lowest BCUT2D eigenvalue weighted by Gasteiger charge is -2.18. The maximum atomic E-state index is 13.2. The second-order valence-electron chi connectivity index (χ2n) is 7.79. The van der Waals surface area contributed by atoms with Crippen LogP contribution in [-0.4, -0.2) is 33.1 Å². The molecule has 11 nitrogen and oxygen atoms in total. The zero-order chi connectivity index (χ0) is 25.7. The fourth-order valence-electron chi connectivity index (χ4n) is 3.53. The highest BCUT2D eigenvalue weighted by Gasteiger charge is 2.27. The van der Waals surface area contributed by atoms with E-state index in [1.165, 1.54) is 18.3 Å². The van der Waals surface area contributed by atoms with Crippen molar-refractivity contribution in [2.45, 2.75) is 13.0 Å². The highest BCUT2D eigenvalue weighted by molar-refractivity contribution is 5.99. The summed E-state index contributed by atoms with van der Waals surface area (Å²) in [4.78, 5) is 48.9. The smallest absolute Gasteiger partial charge is 0.272 e. The number of carbonyl (C=O) groups excluding carboxylic acids is 2. The highest BCUT2D eigenvalue weighted by Crippen LogP contribution is 2.21. The van der Waals surface area contributed by atoms with Crippen molar-refractivity contribution in [2.75, 3.05) is 0 Å². The van der Waals surface area contributed by atoms with E-state index in [0.717, 1.165) is 0 Å². The van der Waals surface area contributed by atoms with E-state index in [2.05, 4.69) is 26.0 Å². The summed E-state index contributed by atoms with van der Waals surface area (Å²) in [5, 5.41) is 24.7. The number of aryl methyl sites for hydroxylation is 1. The molecule has 180 valence electrons. The number of hydrazone groups is 1. The Kier molecular flexibility index (Phi) is 6.91. The Morgan fingerprint density at radius 2 is 1.75 bits per heavy atom. The molecule has 0 bridgehead atoms. The molecular formula is C25H20N6O5. The van der Waals surface area contributed by atoms with Gasteiger partial charge in [0.25, 0.3) is 23.1 Å². The Balaban J connectivity index is 1.67. The molecule has 3 N–H and O–H groups in total. The Hall–Kier alpha value is -5.19. The molecule has 0 unspecified atom stereocenters. The molecule has 2 amide bonds. The van der Waals surface area contributed by atoms with Crippen molar-refractivity contribution >= 4 is 34.5 Å². The fourth-order valence-corrected chi connectivity index (χ4v) is 3.53. The van der Waals surface area contributed by atoms with Gasteiger partial charge in [-0.2, -0.15) is 10.2 Å². The Morgan fingerprint density at radius 3 is 2.47 bits per heavy atom. The van der Waals surface area contributed by atoms with E-state index in [1.807, 2.05) is 0 Å². The number of aromatic nitrogens is 2. The number of hydrogen-bond acceptors (Lipinski definition) is 7. The van der Waals surface area contributed by atoms with E-state index >= 15 is 0 Å². The first kappa shape index (κ1) is 24.0. The van der Waals surface area contributed by atoms with Gasteiger partial charge in [0.1, 0.15) is 5.69 Å². The average molecular weight is 484 g/mol. The highest BCUT2D eigenvalue weighted by atomic mass is 16.6. The minimum atomic E-state index is -1.32. The van der Waals surface area contributed by atoms with Crippen molar-refractivity contribution in [2.24, 2.45) is 5.10 Å². The monoisotopic (exact) mass is 484 g/mol. The summed E-state index contributed by atoms with van der Waals surface area (Å²) < 4.78 is 0. The van der Waals surface area contributed by atoms with Gasteiger partial charge in [-0.15, -0.1) is 0 Å². The molecule has 4 aromatic rings. The van der Waals surface area contributed by atoms with Gasteiger partial charge < -0.3 is 5.32 Å². The number of amides is 2. The van der Waals surface area contributed by atoms with Crippen LogP contribution in [0.15, 0.2) is 82.7 Å². The van der Waals surface area contributed by atoms with Crippen molar-refractivity contribution in [1.29, 1.82) is 0 Å². The zero-order valence-electron chi connectivity index (χ0n) is 19.0. The molecule has 0 radical (unpaired) electrons. The molecule has 11 heteroatoms. The summed E-state index contributed by atoms with van der Waals surface area (Å²) in [7, 11) is 0. The van der Waals surface area contributed by atoms with Gasteiger partial charge in [-0.05, 0) is 30.7 Å². The van der Waals surface area contributed by atoms with Crippen molar-refractivity contribution in [3.05, 3.63) is 116 Å². The van der Waals surface area contributed by atoms with Crippen LogP contribution in [-0.2, 0) is 4.79 Å². The topological polar surface area (TPSA) is 159 Å². The lowest BCUT2D eigenvalue weighted by molar-refractivity contribution is -0.384. The van der Waals surface area contributed by atoms with Crippen LogP contribution in [0.2, 0.25) is 0 Å². The van der Waals surface area contributed by atoms with Gasteiger partial charge >= 0.3 is 0 Å². The van der Waals surface area contributed by atoms with Crippen molar-refractivity contribution in [3.8, 4) is 0 Å². The summed E-state index contributed by atoms with van der Waals surface area (Å²) in [5.41, 5.74) is 3.37. The standard InChI is InChI=1S/C25H20N6O5/c1-15-11-12-18(31(35)36)13-17(15)14-26-29-25(34)22(27-23(32)16-7-3-2-4-8-16)21-19-9-5-6-10-20(19)24(33)30-28-21/h2-14,22H,1H3,(H,27,32)(H,29,34)(H,30,33)/b26-14-/t22-/m0/s1. The Labute approximate surface area is 204 Å². The van der Waals surface area contributed by atoms with Gasteiger partial charge in [0, 0.05) is 28.6 Å². The number of nitro groups is 1. The number of nitrogens with one attached hydrogen (secondary N) is 3. The van der Waals surface area contributed by atoms with Crippen molar-refractivity contribution < 1.29 is 14.5 Å². The van der Waals surface area contributed by atoms with E-state index < -0.39 is 28.3 Å². The van der Waals surface area contributed by atoms with Crippen LogP contribution < -0.4 is 16.3 Å². The number of H-pyrrole nitrogens is 1.